The predicted octanol–water partition coefficient (Wildman–Crippen LogP) is 3.20. The Morgan fingerprint density at radius 3 is 2.36 bits per heavy atom. The summed E-state index contributed by atoms with van der Waals surface area (Å²) in [7, 11) is 0. The summed E-state index contributed by atoms with van der Waals surface area (Å²) >= 11 is 0. The van der Waals surface area contributed by atoms with E-state index in [1.807, 2.05) is 0 Å². The highest BCUT2D eigenvalue weighted by atomic mass is 19.4. The molecule has 0 aromatic heterocycles. The van der Waals surface area contributed by atoms with Gasteiger partial charge in [-0.25, -0.2) is 0 Å². The van der Waals surface area contributed by atoms with Crippen LogP contribution in [0.15, 0.2) is 18.2 Å². The Hall–Kier alpha value is -1.27. The second-order valence-corrected chi connectivity index (χ2v) is 5.98. The topological polar surface area (TPSA) is 32.5 Å². The minimum atomic E-state index is -4.36. The molecule has 1 saturated heterocycles. The van der Waals surface area contributed by atoms with Gasteiger partial charge in [0, 0.05) is 44.5 Å². The van der Waals surface area contributed by atoms with Crippen LogP contribution < -0.4 is 5.73 Å². The lowest BCUT2D eigenvalue weighted by molar-refractivity contribution is -0.138. The van der Waals surface area contributed by atoms with Crippen molar-refractivity contribution in [2.75, 3.05) is 31.9 Å². The maximum Gasteiger partial charge on any atom is 0.416 e. The van der Waals surface area contributed by atoms with Crippen LogP contribution in [0.2, 0.25) is 0 Å². The third kappa shape index (κ3) is 4.14. The van der Waals surface area contributed by atoms with Gasteiger partial charge in [-0.2, -0.15) is 13.2 Å². The number of anilines is 1. The van der Waals surface area contributed by atoms with Gasteiger partial charge in [0.15, 0.2) is 0 Å². The molecule has 1 unspecified atom stereocenters. The van der Waals surface area contributed by atoms with E-state index < -0.39 is 11.7 Å². The molecule has 0 saturated carbocycles. The molecule has 3 nitrogen and oxygen atoms in total. The second kappa shape index (κ2) is 6.87. The van der Waals surface area contributed by atoms with Gasteiger partial charge < -0.3 is 5.73 Å². The second-order valence-electron chi connectivity index (χ2n) is 5.98. The number of halogens is 3. The first kappa shape index (κ1) is 17.1. The molecule has 1 fully saturated rings. The van der Waals surface area contributed by atoms with Gasteiger partial charge in [-0.05, 0) is 31.0 Å². The highest BCUT2D eigenvalue weighted by Gasteiger charge is 2.34. The van der Waals surface area contributed by atoms with Crippen LogP contribution in [-0.2, 0) is 12.7 Å². The molecule has 0 spiro atoms. The van der Waals surface area contributed by atoms with Gasteiger partial charge in [0.05, 0.1) is 5.56 Å². The van der Waals surface area contributed by atoms with Crippen LogP contribution in [-0.4, -0.2) is 42.0 Å². The van der Waals surface area contributed by atoms with E-state index in [0.29, 0.717) is 18.2 Å². The molecule has 0 aliphatic carbocycles. The number of hydrogen-bond acceptors (Lipinski definition) is 3. The summed E-state index contributed by atoms with van der Waals surface area (Å²) in [4.78, 5) is 4.48. The van der Waals surface area contributed by atoms with Crippen molar-refractivity contribution in [2.24, 2.45) is 0 Å². The Morgan fingerprint density at radius 1 is 1.18 bits per heavy atom. The summed E-state index contributed by atoms with van der Waals surface area (Å²) in [6.07, 6.45) is -3.26. The number of nitrogens with zero attached hydrogens (tertiary/aromatic N) is 2. The molecule has 2 rings (SSSR count). The van der Waals surface area contributed by atoms with E-state index in [2.05, 4.69) is 23.6 Å². The highest BCUT2D eigenvalue weighted by molar-refractivity contribution is 5.46. The van der Waals surface area contributed by atoms with E-state index in [0.717, 1.165) is 38.7 Å². The lowest BCUT2D eigenvalue weighted by Gasteiger charge is -2.38. The zero-order valence-corrected chi connectivity index (χ0v) is 13.2. The van der Waals surface area contributed by atoms with Crippen LogP contribution in [0.5, 0.6) is 0 Å². The molecule has 1 heterocycles. The molecule has 0 bridgehead atoms. The fraction of sp³-hybridized carbons (Fsp3) is 0.625. The van der Waals surface area contributed by atoms with Crippen LogP contribution in [0, 0.1) is 0 Å². The zero-order chi connectivity index (χ0) is 16.3. The predicted molar refractivity (Wildman–Crippen MR) is 82.5 cm³/mol. The van der Waals surface area contributed by atoms with Crippen molar-refractivity contribution in [2.45, 2.75) is 39.0 Å². The first-order chi connectivity index (χ1) is 10.3. The van der Waals surface area contributed by atoms with Gasteiger partial charge in [0.2, 0.25) is 0 Å². The van der Waals surface area contributed by atoms with Crippen LogP contribution in [0.3, 0.4) is 0 Å². The van der Waals surface area contributed by atoms with Crippen molar-refractivity contribution >= 4 is 5.69 Å². The summed E-state index contributed by atoms with van der Waals surface area (Å²) in [5.74, 6) is 0. The van der Waals surface area contributed by atoms with Crippen molar-refractivity contribution < 1.29 is 13.2 Å². The Balaban J connectivity index is 2.04. The van der Waals surface area contributed by atoms with E-state index in [4.69, 9.17) is 5.73 Å². The highest BCUT2D eigenvalue weighted by Crippen LogP contribution is 2.34. The average molecular weight is 315 g/mol. The van der Waals surface area contributed by atoms with Crippen molar-refractivity contribution in [3.05, 3.63) is 29.3 Å². The molecule has 0 radical (unpaired) electrons. The SMILES string of the molecule is CCC(C)N1CCN(Cc2ccc(N)cc2C(F)(F)F)CC1. The minimum absolute atomic E-state index is 0.151. The fourth-order valence-corrected chi connectivity index (χ4v) is 2.86. The number of rotatable bonds is 4. The summed E-state index contributed by atoms with van der Waals surface area (Å²) < 4.78 is 39.3. The smallest absolute Gasteiger partial charge is 0.399 e. The molecule has 2 N–H and O–H groups in total. The average Bonchev–Trinajstić information content (AvgIpc) is 2.48. The first-order valence-electron chi connectivity index (χ1n) is 7.73. The van der Waals surface area contributed by atoms with Crippen LogP contribution in [0.4, 0.5) is 18.9 Å². The quantitative estimate of drug-likeness (QED) is 0.866. The summed E-state index contributed by atoms with van der Waals surface area (Å²) in [6.45, 7) is 8.08. The van der Waals surface area contributed by atoms with Crippen molar-refractivity contribution in [3.8, 4) is 0 Å². The van der Waals surface area contributed by atoms with Crippen LogP contribution >= 0.6 is 0 Å². The van der Waals surface area contributed by atoms with Crippen LogP contribution in [0.1, 0.15) is 31.4 Å². The van der Waals surface area contributed by atoms with Crippen molar-refractivity contribution in [1.82, 2.24) is 9.80 Å². The van der Waals surface area contributed by atoms with Crippen molar-refractivity contribution in [3.63, 3.8) is 0 Å². The van der Waals surface area contributed by atoms with E-state index in [9.17, 15) is 13.2 Å². The van der Waals surface area contributed by atoms with Gasteiger partial charge in [0.1, 0.15) is 0 Å². The molecule has 124 valence electrons. The monoisotopic (exact) mass is 315 g/mol. The molecular formula is C16H24F3N3. The Bertz CT molecular complexity index is 494. The first-order valence-corrected chi connectivity index (χ1v) is 7.73. The Morgan fingerprint density at radius 2 is 1.82 bits per heavy atom. The Kier molecular flexibility index (Phi) is 5.34. The van der Waals surface area contributed by atoms with Crippen molar-refractivity contribution in [1.29, 1.82) is 0 Å². The number of nitrogen functional groups attached to an aromatic ring is 1. The zero-order valence-electron chi connectivity index (χ0n) is 13.2. The number of hydrogen-bond donors (Lipinski definition) is 1. The lowest BCUT2D eigenvalue weighted by atomic mass is 10.0. The molecule has 22 heavy (non-hydrogen) atoms. The normalized spacial score (nSPS) is 19.3. The van der Waals surface area contributed by atoms with E-state index in [1.54, 1.807) is 6.07 Å². The maximum absolute atomic E-state index is 13.1. The number of nitrogens with two attached hydrogens (primary N) is 1. The third-order valence-electron chi connectivity index (χ3n) is 4.45. The molecule has 6 heteroatoms. The van der Waals surface area contributed by atoms with E-state index in [1.165, 1.54) is 6.07 Å². The van der Waals surface area contributed by atoms with Gasteiger partial charge in [-0.15, -0.1) is 0 Å². The molecule has 1 aromatic carbocycles. The van der Waals surface area contributed by atoms with Gasteiger partial charge >= 0.3 is 6.18 Å². The molecule has 1 aliphatic rings. The molecule has 1 atom stereocenters. The van der Waals surface area contributed by atoms with E-state index >= 15 is 0 Å². The third-order valence-corrected chi connectivity index (χ3v) is 4.45. The fourth-order valence-electron chi connectivity index (χ4n) is 2.86. The van der Waals surface area contributed by atoms with Gasteiger partial charge in [-0.1, -0.05) is 13.0 Å². The Labute approximate surface area is 129 Å². The number of benzene rings is 1. The van der Waals surface area contributed by atoms with Crippen LogP contribution in [0.25, 0.3) is 0 Å². The summed E-state index contributed by atoms with van der Waals surface area (Å²) in [6, 6.07) is 4.61. The maximum atomic E-state index is 13.1. The summed E-state index contributed by atoms with van der Waals surface area (Å²) in [5.41, 5.74) is 5.34. The molecular weight excluding hydrogens is 291 g/mol. The molecule has 0 amide bonds. The van der Waals surface area contributed by atoms with Gasteiger partial charge in [-0.3, -0.25) is 9.80 Å². The number of alkyl halides is 3. The number of piperazine rings is 1. The lowest BCUT2D eigenvalue weighted by Crippen LogP contribution is -2.49. The molecule has 1 aliphatic heterocycles. The summed E-state index contributed by atoms with van der Waals surface area (Å²) in [5, 5.41) is 0. The standard InChI is InChI=1S/C16H24F3N3/c1-3-12(2)22-8-6-21(7-9-22)11-13-4-5-14(20)10-15(13)16(17,18)19/h4-5,10,12H,3,6-9,11,20H2,1-2H3. The molecule has 1 aromatic rings. The minimum Gasteiger partial charge on any atom is -0.399 e. The van der Waals surface area contributed by atoms with E-state index in [-0.39, 0.29) is 5.69 Å². The van der Waals surface area contributed by atoms with Gasteiger partial charge in [0.25, 0.3) is 0 Å². The largest absolute Gasteiger partial charge is 0.416 e.